The van der Waals surface area contributed by atoms with Crippen LogP contribution in [0.15, 0.2) is 71.4 Å². The van der Waals surface area contributed by atoms with Crippen LogP contribution in [0.2, 0.25) is 0 Å². The summed E-state index contributed by atoms with van der Waals surface area (Å²) in [5.74, 6) is -2.01. The smallest absolute Gasteiger partial charge is 0.331 e. The molecular formula is C42H52O7. The van der Waals surface area contributed by atoms with Gasteiger partial charge in [-0.1, -0.05) is 89.6 Å². The highest BCUT2D eigenvalue weighted by Crippen LogP contribution is 2.84. The van der Waals surface area contributed by atoms with Crippen LogP contribution in [0.1, 0.15) is 98.5 Å². The third kappa shape index (κ3) is 4.16. The SMILES string of the molecule is C/C(=C\[C@@H](O)C[C@@H](C)[C@]12CCC[C@]34C5=C(C(=O)C[C@]13C)[C@@]1(C)CCC(=O)C(C)(C)[C@H]1[C@@H](/C=C/c1ccccc1)[C@]5(O)C=C[C@]4(O)C2)C(=O)O. The lowest BCUT2D eigenvalue weighted by atomic mass is 9.33. The lowest BCUT2D eigenvalue weighted by Gasteiger charge is -2.70. The van der Waals surface area contributed by atoms with E-state index in [-0.39, 0.29) is 35.4 Å². The predicted molar refractivity (Wildman–Crippen MR) is 187 cm³/mol. The molecule has 0 heterocycles. The van der Waals surface area contributed by atoms with Gasteiger partial charge in [-0.3, -0.25) is 9.59 Å². The molecule has 0 unspecified atom stereocenters. The minimum Gasteiger partial charge on any atom is -0.478 e. The van der Waals surface area contributed by atoms with E-state index in [1.165, 1.54) is 13.0 Å². The number of carboxylic acids is 1. The van der Waals surface area contributed by atoms with Crippen molar-refractivity contribution in [3.63, 3.8) is 0 Å². The van der Waals surface area contributed by atoms with E-state index in [0.717, 1.165) is 18.4 Å². The van der Waals surface area contributed by atoms with Crippen LogP contribution in [0, 0.1) is 44.8 Å². The summed E-state index contributed by atoms with van der Waals surface area (Å²) < 4.78 is 0. The number of benzene rings is 1. The zero-order chi connectivity index (χ0) is 35.6. The van der Waals surface area contributed by atoms with Crippen LogP contribution in [0.3, 0.4) is 0 Å². The molecular weight excluding hydrogens is 616 g/mol. The van der Waals surface area contributed by atoms with E-state index in [4.69, 9.17) is 0 Å². The van der Waals surface area contributed by atoms with Gasteiger partial charge in [0.1, 0.15) is 11.4 Å². The fourth-order valence-electron chi connectivity index (χ4n) is 13.2. The van der Waals surface area contributed by atoms with E-state index >= 15 is 4.79 Å². The highest BCUT2D eigenvalue weighted by Gasteiger charge is 2.84. The molecule has 7 heteroatoms. The molecule has 7 nitrogen and oxygen atoms in total. The Morgan fingerprint density at radius 3 is 2.39 bits per heavy atom. The Bertz CT molecular complexity index is 1750. The number of aliphatic hydroxyl groups excluding tert-OH is 1. The first-order chi connectivity index (χ1) is 22.8. The van der Waals surface area contributed by atoms with Gasteiger partial charge in [0.2, 0.25) is 0 Å². The van der Waals surface area contributed by atoms with Gasteiger partial charge in [-0.2, -0.15) is 0 Å². The number of carboxylic acid groups (broad SMARTS) is 1. The third-order valence-electron chi connectivity index (χ3n) is 15.1. The first-order valence-electron chi connectivity index (χ1n) is 18.2. The highest BCUT2D eigenvalue weighted by molar-refractivity contribution is 6.02. The molecule has 10 atom stereocenters. The van der Waals surface area contributed by atoms with Gasteiger partial charge in [0, 0.05) is 46.2 Å². The number of ketones is 2. The Labute approximate surface area is 289 Å². The summed E-state index contributed by atoms with van der Waals surface area (Å²) in [4.78, 5) is 40.3. The van der Waals surface area contributed by atoms with E-state index in [1.807, 2.05) is 56.3 Å². The summed E-state index contributed by atoms with van der Waals surface area (Å²) in [5.41, 5.74) is -4.35. The molecule has 0 aromatic heterocycles. The number of fused-ring (bicyclic) bond motifs is 2. The second-order valence-electron chi connectivity index (χ2n) is 17.6. The highest BCUT2D eigenvalue weighted by atomic mass is 16.4. The van der Waals surface area contributed by atoms with Crippen LogP contribution in [0.4, 0.5) is 0 Å². The van der Waals surface area contributed by atoms with E-state index in [2.05, 4.69) is 26.8 Å². The van der Waals surface area contributed by atoms with Crippen LogP contribution in [-0.2, 0) is 14.4 Å². The lowest BCUT2D eigenvalue weighted by Crippen LogP contribution is -2.71. The molecule has 1 aromatic carbocycles. The van der Waals surface area contributed by atoms with Crippen LogP contribution >= 0.6 is 0 Å². The molecule has 0 radical (unpaired) electrons. The second-order valence-corrected chi connectivity index (χ2v) is 17.6. The van der Waals surface area contributed by atoms with E-state index < -0.39 is 56.3 Å². The standard InChI is InChI=1S/C42H52O7/c1-25(35(46)47)21-28(43)22-26(2)39-16-10-17-42-34-32(30(44)23-38(39,42)6)37(5)18-15-31(45)36(3,4)33(37)29(14-13-27-11-8-7-9-12-27)41(34,49)20-19-40(42,48)24-39/h7-9,11-14,19-21,26,28-29,33,43,48-49H,10,15-18,22-24H2,1-6H3,(H,46,47)/b14-13+,25-21+/t26-,28-,29-,33-,37-,38-,39-,40+,41-,42+/m1/s1. The van der Waals surface area contributed by atoms with Crippen molar-refractivity contribution in [1.29, 1.82) is 0 Å². The second kappa shape index (κ2) is 10.7. The summed E-state index contributed by atoms with van der Waals surface area (Å²) in [7, 11) is 0. The fourth-order valence-corrected chi connectivity index (χ4v) is 13.2. The lowest BCUT2D eigenvalue weighted by molar-refractivity contribution is -0.176. The van der Waals surface area contributed by atoms with E-state index in [1.54, 1.807) is 6.08 Å². The number of rotatable bonds is 7. The van der Waals surface area contributed by atoms with Crippen LogP contribution in [0.25, 0.3) is 6.08 Å². The minimum atomic E-state index is -1.61. The molecule has 6 aliphatic carbocycles. The fraction of sp³-hybridized carbons (Fsp3) is 0.595. The maximum Gasteiger partial charge on any atom is 0.331 e. The molecule has 2 bridgehead atoms. The molecule has 1 aromatic rings. The third-order valence-corrected chi connectivity index (χ3v) is 15.1. The number of carbonyl (C=O) groups excluding carboxylic acids is 2. The van der Waals surface area contributed by atoms with Crippen LogP contribution in [0.5, 0.6) is 0 Å². The number of aliphatic carboxylic acids is 1. The molecule has 1 spiro atoms. The van der Waals surface area contributed by atoms with Gasteiger partial charge < -0.3 is 20.4 Å². The Hall–Kier alpha value is -3.13. The summed E-state index contributed by atoms with van der Waals surface area (Å²) in [6.45, 7) is 11.8. The zero-order valence-corrected chi connectivity index (χ0v) is 29.8. The van der Waals surface area contributed by atoms with Crippen molar-refractivity contribution < 1.29 is 34.8 Å². The molecule has 4 N–H and O–H groups in total. The first kappa shape index (κ1) is 34.3. The largest absolute Gasteiger partial charge is 0.478 e. The Morgan fingerprint density at radius 1 is 1.02 bits per heavy atom. The Morgan fingerprint density at radius 2 is 1.71 bits per heavy atom. The van der Waals surface area contributed by atoms with Crippen molar-refractivity contribution in [2.75, 3.05) is 0 Å². The first-order valence-corrected chi connectivity index (χ1v) is 18.2. The minimum absolute atomic E-state index is 0.00474. The topological polar surface area (TPSA) is 132 Å². The number of carbonyl (C=O) groups is 3. The maximum atomic E-state index is 15.1. The van der Waals surface area contributed by atoms with Crippen LogP contribution < -0.4 is 0 Å². The number of Topliss-reactive ketones (excluding diaryl/α,β-unsaturated/α-hetero) is 2. The molecule has 6 aliphatic rings. The molecule has 0 amide bonds. The number of hydrogen-bond acceptors (Lipinski definition) is 6. The van der Waals surface area contributed by atoms with Gasteiger partial charge in [-0.25, -0.2) is 4.79 Å². The van der Waals surface area contributed by atoms with Crippen molar-refractivity contribution in [3.05, 3.63) is 76.9 Å². The van der Waals surface area contributed by atoms with Gasteiger partial charge in [0.25, 0.3) is 0 Å². The Kier molecular flexibility index (Phi) is 7.49. The summed E-state index contributed by atoms with van der Waals surface area (Å²) in [6, 6.07) is 9.91. The van der Waals surface area contributed by atoms with Crippen molar-refractivity contribution in [3.8, 4) is 0 Å². The predicted octanol–water partition coefficient (Wildman–Crippen LogP) is 6.63. The summed E-state index contributed by atoms with van der Waals surface area (Å²) >= 11 is 0. The van der Waals surface area contributed by atoms with Gasteiger partial charge in [-0.05, 0) is 85.0 Å². The molecule has 49 heavy (non-hydrogen) atoms. The molecule has 7 rings (SSSR count). The van der Waals surface area contributed by atoms with E-state index in [0.29, 0.717) is 43.3 Å². The molecule has 3 saturated carbocycles. The molecule has 3 fully saturated rings. The van der Waals surface area contributed by atoms with Gasteiger partial charge in [0.15, 0.2) is 5.78 Å². The van der Waals surface area contributed by atoms with Crippen molar-refractivity contribution in [1.82, 2.24) is 0 Å². The van der Waals surface area contributed by atoms with Crippen LogP contribution in [-0.4, -0.2) is 55.3 Å². The monoisotopic (exact) mass is 668 g/mol. The molecule has 0 aliphatic heterocycles. The average molecular weight is 669 g/mol. The number of aliphatic hydroxyl groups is 3. The van der Waals surface area contributed by atoms with Gasteiger partial charge in [-0.15, -0.1) is 0 Å². The van der Waals surface area contributed by atoms with E-state index in [9.17, 15) is 30.0 Å². The van der Waals surface area contributed by atoms with Crippen molar-refractivity contribution >= 4 is 23.6 Å². The normalized spacial score (nSPS) is 43.3. The van der Waals surface area contributed by atoms with Gasteiger partial charge in [0.05, 0.1) is 11.7 Å². The average Bonchev–Trinajstić information content (AvgIpc) is 3.10. The number of hydrogen-bond donors (Lipinski definition) is 4. The zero-order valence-electron chi connectivity index (χ0n) is 29.8. The number of allylic oxidation sites excluding steroid dienone is 1. The van der Waals surface area contributed by atoms with Crippen molar-refractivity contribution in [2.45, 2.75) is 110 Å². The quantitative estimate of drug-likeness (QED) is 0.190. The Balaban J connectivity index is 1.46. The molecule has 262 valence electrons. The van der Waals surface area contributed by atoms with Crippen molar-refractivity contribution in [2.24, 2.45) is 44.8 Å². The molecule has 0 saturated heterocycles. The van der Waals surface area contributed by atoms with Gasteiger partial charge >= 0.3 is 5.97 Å². The summed E-state index contributed by atoms with van der Waals surface area (Å²) in [6.07, 6.45) is 12.0. The maximum absolute atomic E-state index is 15.1. The summed E-state index contributed by atoms with van der Waals surface area (Å²) in [5, 5.41) is 47.1.